The number of benzene rings is 1. The lowest BCUT2D eigenvalue weighted by Gasteiger charge is -2.02. The van der Waals surface area contributed by atoms with Crippen LogP contribution in [0.4, 0.5) is 5.13 Å². The number of hydrogen-bond acceptors (Lipinski definition) is 4. The van der Waals surface area contributed by atoms with Gasteiger partial charge in [-0.3, -0.25) is 9.59 Å². The molecule has 0 fully saturated rings. The van der Waals surface area contributed by atoms with Crippen LogP contribution in [0.5, 0.6) is 0 Å². The molecule has 0 saturated carbocycles. The summed E-state index contributed by atoms with van der Waals surface area (Å²) in [5.41, 5.74) is 5.94. The third-order valence-corrected chi connectivity index (χ3v) is 3.45. The van der Waals surface area contributed by atoms with Gasteiger partial charge in [-0.15, -0.1) is 0 Å². The molecule has 1 aromatic carbocycles. The fourth-order valence-electron chi connectivity index (χ4n) is 1.40. The number of rotatable bonds is 4. The van der Waals surface area contributed by atoms with Crippen LogP contribution in [0.3, 0.4) is 0 Å². The molecule has 0 aliphatic heterocycles. The van der Waals surface area contributed by atoms with Crippen LogP contribution in [0, 0.1) is 0 Å². The average Bonchev–Trinajstić information content (AvgIpc) is 2.80. The molecule has 2 amide bonds. The Balaban J connectivity index is 1.97. The van der Waals surface area contributed by atoms with Gasteiger partial charge in [0, 0.05) is 5.02 Å². The Hall–Kier alpha value is -1.92. The molecule has 0 unspecified atom stereocenters. The fourth-order valence-corrected chi connectivity index (χ4v) is 2.21. The second kappa shape index (κ2) is 5.81. The van der Waals surface area contributed by atoms with Gasteiger partial charge in [0.2, 0.25) is 5.91 Å². The number of primary amides is 1. The molecule has 2 aromatic rings. The first-order valence-electron chi connectivity index (χ1n) is 5.34. The molecule has 5 nitrogen and oxygen atoms in total. The number of nitrogens with one attached hydrogen (secondary N) is 1. The van der Waals surface area contributed by atoms with Crippen molar-refractivity contribution in [1.82, 2.24) is 4.98 Å². The van der Waals surface area contributed by atoms with E-state index < -0.39 is 5.91 Å². The van der Waals surface area contributed by atoms with Gasteiger partial charge in [0.25, 0.3) is 5.91 Å². The van der Waals surface area contributed by atoms with Gasteiger partial charge in [0.05, 0.1) is 12.6 Å². The molecule has 0 saturated heterocycles. The topological polar surface area (TPSA) is 85.1 Å². The minimum Gasteiger partial charge on any atom is -0.365 e. The maximum Gasteiger partial charge on any atom is 0.260 e. The number of carbonyl (C=O) groups excluding carboxylic acids is 2. The van der Waals surface area contributed by atoms with E-state index in [0.717, 1.165) is 16.9 Å². The van der Waals surface area contributed by atoms with Crippen molar-refractivity contribution in [2.45, 2.75) is 6.42 Å². The molecule has 0 bridgehead atoms. The van der Waals surface area contributed by atoms with Gasteiger partial charge in [-0.1, -0.05) is 35.1 Å². The van der Waals surface area contributed by atoms with Crippen LogP contribution in [0.1, 0.15) is 15.2 Å². The third kappa shape index (κ3) is 3.77. The minimum absolute atomic E-state index is 0.211. The number of halogens is 1. The van der Waals surface area contributed by atoms with Gasteiger partial charge < -0.3 is 11.1 Å². The zero-order chi connectivity index (χ0) is 13.8. The smallest absolute Gasteiger partial charge is 0.260 e. The summed E-state index contributed by atoms with van der Waals surface area (Å²) in [4.78, 5) is 26.8. The highest BCUT2D eigenvalue weighted by Crippen LogP contribution is 2.18. The van der Waals surface area contributed by atoms with Gasteiger partial charge in [0.1, 0.15) is 4.88 Å². The van der Waals surface area contributed by atoms with Crippen LogP contribution < -0.4 is 11.1 Å². The van der Waals surface area contributed by atoms with E-state index in [2.05, 4.69) is 10.3 Å². The van der Waals surface area contributed by atoms with Crippen molar-refractivity contribution in [1.29, 1.82) is 0 Å². The summed E-state index contributed by atoms with van der Waals surface area (Å²) >= 11 is 6.80. The number of carbonyl (C=O) groups is 2. The van der Waals surface area contributed by atoms with E-state index in [1.807, 2.05) is 0 Å². The first-order valence-corrected chi connectivity index (χ1v) is 6.54. The van der Waals surface area contributed by atoms with Gasteiger partial charge in [-0.25, -0.2) is 4.98 Å². The van der Waals surface area contributed by atoms with E-state index >= 15 is 0 Å². The molecule has 7 heteroatoms. The standard InChI is InChI=1S/C12H10ClN3O2S/c13-8-3-1-7(2-4-8)5-10(17)16-12-15-6-9(19-12)11(14)18/h1-4,6H,5H2,(H2,14,18)(H,15,16,17). The number of thiazole rings is 1. The molecular formula is C12H10ClN3O2S. The number of nitrogens with zero attached hydrogens (tertiary/aromatic N) is 1. The number of anilines is 1. The monoisotopic (exact) mass is 295 g/mol. The summed E-state index contributed by atoms with van der Waals surface area (Å²) in [6.45, 7) is 0. The Kier molecular flexibility index (Phi) is 4.13. The lowest BCUT2D eigenvalue weighted by Crippen LogP contribution is -2.14. The summed E-state index contributed by atoms with van der Waals surface area (Å²) in [7, 11) is 0. The SMILES string of the molecule is NC(=O)c1cnc(NC(=O)Cc2ccc(Cl)cc2)s1. The number of nitrogens with two attached hydrogens (primary N) is 1. The Morgan fingerprint density at radius 1 is 1.32 bits per heavy atom. The van der Waals surface area contributed by atoms with Gasteiger partial charge in [-0.05, 0) is 17.7 Å². The molecule has 0 aliphatic rings. The molecule has 1 aromatic heterocycles. The van der Waals surface area contributed by atoms with Gasteiger partial charge in [-0.2, -0.15) is 0 Å². The first-order chi connectivity index (χ1) is 9.04. The Morgan fingerprint density at radius 3 is 2.58 bits per heavy atom. The molecule has 98 valence electrons. The van der Waals surface area contributed by atoms with E-state index in [-0.39, 0.29) is 12.3 Å². The van der Waals surface area contributed by atoms with E-state index in [4.69, 9.17) is 17.3 Å². The molecule has 0 aliphatic carbocycles. The summed E-state index contributed by atoms with van der Waals surface area (Å²) in [6.07, 6.45) is 1.55. The first kappa shape index (κ1) is 13.5. The molecule has 2 rings (SSSR count). The minimum atomic E-state index is -0.560. The van der Waals surface area contributed by atoms with Crippen molar-refractivity contribution in [2.24, 2.45) is 5.73 Å². The predicted octanol–water partition coefficient (Wildman–Crippen LogP) is 2.08. The normalized spacial score (nSPS) is 10.2. The molecule has 19 heavy (non-hydrogen) atoms. The van der Waals surface area contributed by atoms with Crippen LogP contribution in [0.25, 0.3) is 0 Å². The van der Waals surface area contributed by atoms with Crippen molar-refractivity contribution < 1.29 is 9.59 Å². The quantitative estimate of drug-likeness (QED) is 0.905. The molecule has 0 atom stereocenters. The van der Waals surface area contributed by atoms with Crippen molar-refractivity contribution in [2.75, 3.05) is 5.32 Å². The number of aromatic nitrogens is 1. The van der Waals surface area contributed by atoms with Crippen LogP contribution in [0.2, 0.25) is 5.02 Å². The fraction of sp³-hybridized carbons (Fsp3) is 0.0833. The maximum atomic E-state index is 11.8. The van der Waals surface area contributed by atoms with Crippen molar-refractivity contribution in [3.8, 4) is 0 Å². The van der Waals surface area contributed by atoms with E-state index in [1.165, 1.54) is 6.20 Å². The Bertz CT molecular complexity index is 610. The molecular weight excluding hydrogens is 286 g/mol. The summed E-state index contributed by atoms with van der Waals surface area (Å²) in [5.74, 6) is -0.775. The van der Waals surface area contributed by atoms with Crippen LogP contribution in [-0.2, 0) is 11.2 Å². The molecule has 3 N–H and O–H groups in total. The number of amides is 2. The lowest BCUT2D eigenvalue weighted by atomic mass is 10.1. The Morgan fingerprint density at radius 2 is 2.00 bits per heavy atom. The van der Waals surface area contributed by atoms with Crippen molar-refractivity contribution in [3.63, 3.8) is 0 Å². The van der Waals surface area contributed by atoms with E-state index in [9.17, 15) is 9.59 Å². The van der Waals surface area contributed by atoms with Gasteiger partial charge in [0.15, 0.2) is 5.13 Å². The van der Waals surface area contributed by atoms with E-state index in [1.54, 1.807) is 24.3 Å². The molecule has 1 heterocycles. The van der Waals surface area contributed by atoms with Crippen molar-refractivity contribution in [3.05, 3.63) is 45.9 Å². The summed E-state index contributed by atoms with van der Waals surface area (Å²) in [5, 5.41) is 3.58. The maximum absolute atomic E-state index is 11.8. The highest BCUT2D eigenvalue weighted by molar-refractivity contribution is 7.17. The zero-order valence-electron chi connectivity index (χ0n) is 9.72. The van der Waals surface area contributed by atoms with Crippen LogP contribution in [0.15, 0.2) is 30.5 Å². The van der Waals surface area contributed by atoms with E-state index in [0.29, 0.717) is 15.0 Å². The average molecular weight is 296 g/mol. The zero-order valence-corrected chi connectivity index (χ0v) is 11.3. The summed E-state index contributed by atoms with van der Waals surface area (Å²) < 4.78 is 0. The second-order valence-corrected chi connectivity index (χ2v) is 5.21. The van der Waals surface area contributed by atoms with Crippen LogP contribution in [-0.4, -0.2) is 16.8 Å². The molecule has 0 radical (unpaired) electrons. The Labute approximate surface area is 118 Å². The highest BCUT2D eigenvalue weighted by atomic mass is 35.5. The lowest BCUT2D eigenvalue weighted by molar-refractivity contribution is -0.115. The largest absolute Gasteiger partial charge is 0.365 e. The molecule has 0 spiro atoms. The highest BCUT2D eigenvalue weighted by Gasteiger charge is 2.10. The summed E-state index contributed by atoms with van der Waals surface area (Å²) in [6, 6.07) is 6.99. The predicted molar refractivity (Wildman–Crippen MR) is 74.4 cm³/mol. The third-order valence-electron chi connectivity index (χ3n) is 2.27. The second-order valence-electron chi connectivity index (χ2n) is 3.75. The number of hydrogen-bond donors (Lipinski definition) is 2. The van der Waals surface area contributed by atoms with Crippen LogP contribution >= 0.6 is 22.9 Å². The van der Waals surface area contributed by atoms with Crippen molar-refractivity contribution >= 4 is 39.9 Å². The van der Waals surface area contributed by atoms with Gasteiger partial charge >= 0.3 is 0 Å².